The van der Waals surface area contributed by atoms with E-state index in [1.165, 1.54) is 13.0 Å². The van der Waals surface area contributed by atoms with Crippen molar-refractivity contribution in [2.24, 2.45) is 0 Å². The number of hydrogen-bond acceptors (Lipinski definition) is 5. The van der Waals surface area contributed by atoms with E-state index in [1.54, 1.807) is 0 Å². The van der Waals surface area contributed by atoms with E-state index in [4.69, 9.17) is 9.66 Å². The highest BCUT2D eigenvalue weighted by Gasteiger charge is 2.14. The molecule has 0 unspecified atom stereocenters. The minimum atomic E-state index is -4.75. The number of rotatable bonds is 4. The van der Waals surface area contributed by atoms with Crippen LogP contribution in [0.1, 0.15) is 13.3 Å². The largest absolute Gasteiger partial charge is 0.449 e. The van der Waals surface area contributed by atoms with Gasteiger partial charge in [-0.1, -0.05) is 6.08 Å². The van der Waals surface area contributed by atoms with Crippen LogP contribution in [0.25, 0.3) is 0 Å². The van der Waals surface area contributed by atoms with Gasteiger partial charge in [0, 0.05) is 12.2 Å². The van der Waals surface area contributed by atoms with Gasteiger partial charge in [0.05, 0.1) is 0 Å². The lowest BCUT2D eigenvalue weighted by molar-refractivity contribution is -0.130. The van der Waals surface area contributed by atoms with Crippen LogP contribution < -0.4 is 0 Å². The second-order valence-corrected chi connectivity index (χ2v) is 3.22. The fraction of sp³-hybridized carbons (Fsp3) is 0.500. The summed E-state index contributed by atoms with van der Waals surface area (Å²) in [6.45, 7) is 1.15. The van der Waals surface area contributed by atoms with Gasteiger partial charge in [-0.05, 0) is 13.3 Å². The molecule has 13 heavy (non-hydrogen) atoms. The quantitative estimate of drug-likeness (QED) is 0.486. The zero-order chi connectivity index (χ0) is 10.5. The van der Waals surface area contributed by atoms with Crippen molar-refractivity contribution in [1.82, 2.24) is 0 Å². The molecule has 0 aromatic heterocycles. The van der Waals surface area contributed by atoms with E-state index in [1.807, 2.05) is 0 Å². The zero-order valence-electron chi connectivity index (χ0n) is 6.93. The average molecular weight is 210 g/mol. The minimum absolute atomic E-state index is 0.00618. The highest BCUT2D eigenvalue weighted by atomic mass is 32.3. The van der Waals surface area contributed by atoms with Gasteiger partial charge >= 0.3 is 16.4 Å². The van der Waals surface area contributed by atoms with Crippen molar-refractivity contribution in [3.8, 4) is 0 Å². The molecule has 0 saturated heterocycles. The Kier molecular flexibility index (Phi) is 4.60. The van der Waals surface area contributed by atoms with Gasteiger partial charge in [-0.2, -0.15) is 8.42 Å². The molecule has 0 bridgehead atoms. The van der Waals surface area contributed by atoms with E-state index in [2.05, 4.69) is 4.18 Å². The normalized spacial score (nSPS) is 12.7. The molecule has 0 heterocycles. The summed E-state index contributed by atoms with van der Waals surface area (Å²) in [4.78, 5) is 10.8. The lowest BCUT2D eigenvalue weighted by Gasteiger charge is -1.99. The number of carbonyl (C=O) groups is 1. The minimum Gasteiger partial charge on any atom is -0.396 e. The summed E-state index contributed by atoms with van der Waals surface area (Å²) in [7, 11) is -4.75. The van der Waals surface area contributed by atoms with E-state index in [9.17, 15) is 13.2 Å². The van der Waals surface area contributed by atoms with Gasteiger partial charge < -0.3 is 9.29 Å². The Bertz CT molecular complexity index is 301. The molecule has 2 N–H and O–H groups in total. The summed E-state index contributed by atoms with van der Waals surface area (Å²) < 4.78 is 31.9. The van der Waals surface area contributed by atoms with Gasteiger partial charge in [0.25, 0.3) is 0 Å². The van der Waals surface area contributed by atoms with Gasteiger partial charge in [0.15, 0.2) is 0 Å². The molecule has 76 valence electrons. The molecular formula is C6H10O6S. The lowest BCUT2D eigenvalue weighted by Crippen LogP contribution is -2.12. The number of hydrogen-bond donors (Lipinski definition) is 2. The maximum absolute atomic E-state index is 10.8. The number of aliphatic hydroxyl groups excluding tert-OH is 1. The molecule has 0 aliphatic rings. The predicted molar refractivity (Wildman–Crippen MR) is 43.1 cm³/mol. The maximum atomic E-state index is 10.8. The second kappa shape index (κ2) is 4.95. The topological polar surface area (TPSA) is 101 Å². The van der Waals surface area contributed by atoms with Crippen LogP contribution in [0.15, 0.2) is 11.6 Å². The first-order chi connectivity index (χ1) is 5.87. The third-order valence-corrected chi connectivity index (χ3v) is 1.44. The molecule has 0 saturated carbocycles. The zero-order valence-corrected chi connectivity index (χ0v) is 7.74. The van der Waals surface area contributed by atoms with Crippen molar-refractivity contribution in [1.29, 1.82) is 0 Å². The fourth-order valence-electron chi connectivity index (χ4n) is 0.526. The first kappa shape index (κ1) is 12.1. The van der Waals surface area contributed by atoms with Crippen LogP contribution in [0.2, 0.25) is 0 Å². The van der Waals surface area contributed by atoms with Crippen molar-refractivity contribution in [3.05, 3.63) is 11.6 Å². The maximum Gasteiger partial charge on any atom is 0.449 e. The monoisotopic (exact) mass is 210 g/mol. The van der Waals surface area contributed by atoms with Crippen molar-refractivity contribution in [2.45, 2.75) is 13.3 Å². The molecule has 0 aliphatic carbocycles. The number of aliphatic hydroxyl groups is 1. The summed E-state index contributed by atoms with van der Waals surface area (Å²) in [6, 6.07) is 0. The summed E-state index contributed by atoms with van der Waals surface area (Å²) in [5, 5.41) is 8.37. The SMILES string of the molecule is C/C(=C\CCO)C(=O)OS(=O)(=O)O. The molecule has 0 aromatic rings. The fourth-order valence-corrected chi connectivity index (χ4v) is 0.848. The standard InChI is InChI=1S/C6H10O6S/c1-5(3-2-4-7)6(8)12-13(9,10)11/h3,7H,2,4H2,1H3,(H,9,10,11)/b5-3+. The smallest absolute Gasteiger partial charge is 0.396 e. The third-order valence-electron chi connectivity index (χ3n) is 1.08. The van der Waals surface area contributed by atoms with E-state index in [-0.39, 0.29) is 18.6 Å². The first-order valence-corrected chi connectivity index (χ1v) is 4.72. The van der Waals surface area contributed by atoms with Gasteiger partial charge in [-0.3, -0.25) is 4.55 Å². The van der Waals surface area contributed by atoms with E-state index >= 15 is 0 Å². The molecule has 0 rings (SSSR count). The Morgan fingerprint density at radius 2 is 2.08 bits per heavy atom. The molecule has 7 heteroatoms. The van der Waals surface area contributed by atoms with Crippen molar-refractivity contribution >= 4 is 16.4 Å². The summed E-state index contributed by atoms with van der Waals surface area (Å²) in [5.74, 6) is -1.16. The molecule has 6 nitrogen and oxygen atoms in total. The van der Waals surface area contributed by atoms with Gasteiger partial charge in [-0.25, -0.2) is 4.79 Å². The number of carbonyl (C=O) groups excluding carboxylic acids is 1. The summed E-state index contributed by atoms with van der Waals surface area (Å²) in [6.07, 6.45) is 1.51. The Morgan fingerprint density at radius 1 is 1.54 bits per heavy atom. The van der Waals surface area contributed by atoms with Crippen LogP contribution in [0.5, 0.6) is 0 Å². The van der Waals surface area contributed by atoms with Crippen LogP contribution >= 0.6 is 0 Å². The average Bonchev–Trinajstić information content (AvgIpc) is 1.96. The molecule has 0 spiro atoms. The van der Waals surface area contributed by atoms with Crippen molar-refractivity contribution < 1.29 is 27.1 Å². The Balaban J connectivity index is 4.28. The summed E-state index contributed by atoms with van der Waals surface area (Å²) in [5.41, 5.74) is 0.00618. The van der Waals surface area contributed by atoms with Gasteiger partial charge in [0.2, 0.25) is 0 Å². The highest BCUT2D eigenvalue weighted by Crippen LogP contribution is 2.00. The van der Waals surface area contributed by atoms with Crippen LogP contribution in [0.3, 0.4) is 0 Å². The van der Waals surface area contributed by atoms with Crippen LogP contribution in [0.4, 0.5) is 0 Å². The van der Waals surface area contributed by atoms with E-state index in [0.717, 1.165) is 0 Å². The Morgan fingerprint density at radius 3 is 2.46 bits per heavy atom. The van der Waals surface area contributed by atoms with Crippen molar-refractivity contribution in [2.75, 3.05) is 6.61 Å². The Hall–Kier alpha value is -0.920. The van der Waals surface area contributed by atoms with Gasteiger partial charge in [-0.15, -0.1) is 0 Å². The van der Waals surface area contributed by atoms with Crippen LogP contribution in [-0.2, 0) is 19.4 Å². The predicted octanol–water partition coefficient (Wildman–Crippen LogP) is -0.339. The molecular weight excluding hydrogens is 200 g/mol. The first-order valence-electron chi connectivity index (χ1n) is 3.35. The van der Waals surface area contributed by atoms with Crippen LogP contribution in [0, 0.1) is 0 Å². The molecule has 0 atom stereocenters. The van der Waals surface area contributed by atoms with Gasteiger partial charge in [0.1, 0.15) is 0 Å². The van der Waals surface area contributed by atoms with Crippen LogP contribution in [-0.4, -0.2) is 30.7 Å². The van der Waals surface area contributed by atoms with E-state index < -0.39 is 16.4 Å². The molecule has 0 aliphatic heterocycles. The highest BCUT2D eigenvalue weighted by molar-refractivity contribution is 7.81. The Labute approximate surface area is 75.8 Å². The molecule has 0 fully saturated rings. The molecule has 0 radical (unpaired) electrons. The van der Waals surface area contributed by atoms with Crippen molar-refractivity contribution in [3.63, 3.8) is 0 Å². The summed E-state index contributed by atoms with van der Waals surface area (Å²) >= 11 is 0. The second-order valence-electron chi connectivity index (χ2n) is 2.20. The third kappa shape index (κ3) is 6.26. The lowest BCUT2D eigenvalue weighted by atomic mass is 10.2. The molecule has 0 amide bonds. The molecule has 0 aromatic carbocycles. The van der Waals surface area contributed by atoms with E-state index in [0.29, 0.717) is 0 Å².